The first-order chi connectivity index (χ1) is 16.0. The Morgan fingerprint density at radius 3 is 2.24 bits per heavy atom. The number of benzene rings is 2. The predicted molar refractivity (Wildman–Crippen MR) is 128 cm³/mol. The van der Waals surface area contributed by atoms with Crippen LogP contribution < -0.4 is 4.90 Å². The lowest BCUT2D eigenvalue weighted by Crippen LogP contribution is -2.47. The number of ketones is 1. The molecule has 8 heteroatoms. The number of pyridine rings is 1. The molecular formula is C25H27N5O3. The quantitative estimate of drug-likeness (QED) is 0.297. The summed E-state index contributed by atoms with van der Waals surface area (Å²) in [5, 5.41) is 10.8. The highest BCUT2D eigenvalue weighted by molar-refractivity contribution is 5.98. The summed E-state index contributed by atoms with van der Waals surface area (Å²) in [6.07, 6.45) is 1.24. The maximum absolute atomic E-state index is 12.8. The van der Waals surface area contributed by atoms with Crippen LogP contribution in [0.1, 0.15) is 15.9 Å². The second kappa shape index (κ2) is 10.3. The van der Waals surface area contributed by atoms with Crippen LogP contribution in [0.4, 0.5) is 17.2 Å². The van der Waals surface area contributed by atoms with E-state index in [1.54, 1.807) is 6.07 Å². The molecule has 1 aliphatic rings. The van der Waals surface area contributed by atoms with Crippen molar-refractivity contribution in [3.8, 4) is 0 Å². The van der Waals surface area contributed by atoms with Gasteiger partial charge in [-0.2, -0.15) is 0 Å². The number of anilines is 2. The third-order valence-corrected chi connectivity index (χ3v) is 5.94. The lowest BCUT2D eigenvalue weighted by Gasteiger charge is -2.34. The zero-order chi connectivity index (χ0) is 23.2. The Balaban J connectivity index is 1.29. The average Bonchev–Trinajstić information content (AvgIpc) is 2.85. The van der Waals surface area contributed by atoms with Crippen molar-refractivity contribution in [2.45, 2.75) is 6.54 Å². The number of hydrogen-bond acceptors (Lipinski definition) is 7. The van der Waals surface area contributed by atoms with Crippen LogP contribution in [0.15, 0.2) is 72.9 Å². The third-order valence-electron chi connectivity index (χ3n) is 5.94. The second-order valence-corrected chi connectivity index (χ2v) is 8.20. The van der Waals surface area contributed by atoms with Crippen LogP contribution in [0, 0.1) is 10.1 Å². The molecule has 8 nitrogen and oxygen atoms in total. The van der Waals surface area contributed by atoms with Crippen LogP contribution in [0.3, 0.4) is 0 Å². The van der Waals surface area contributed by atoms with Gasteiger partial charge in [-0.15, -0.1) is 0 Å². The van der Waals surface area contributed by atoms with E-state index in [0.717, 1.165) is 38.4 Å². The standard InChI is InChI=1S/C25H27N5O3/c1-27(25-12-11-23(17-26-25)30(32)33)22-9-7-21(8-10-22)24(31)19-29-15-13-28(14-16-29)18-20-5-3-2-4-6-20/h2-12,17H,13-16,18-19H2,1H3. The minimum Gasteiger partial charge on any atom is -0.329 e. The third kappa shape index (κ3) is 5.79. The number of piperazine rings is 1. The largest absolute Gasteiger partial charge is 0.329 e. The van der Waals surface area contributed by atoms with E-state index in [1.165, 1.54) is 17.8 Å². The smallest absolute Gasteiger partial charge is 0.287 e. The van der Waals surface area contributed by atoms with E-state index in [4.69, 9.17) is 0 Å². The first kappa shape index (κ1) is 22.6. The van der Waals surface area contributed by atoms with E-state index in [9.17, 15) is 14.9 Å². The van der Waals surface area contributed by atoms with Gasteiger partial charge >= 0.3 is 0 Å². The van der Waals surface area contributed by atoms with Gasteiger partial charge in [-0.05, 0) is 35.9 Å². The lowest BCUT2D eigenvalue weighted by molar-refractivity contribution is -0.385. The fourth-order valence-electron chi connectivity index (χ4n) is 3.93. The fourth-order valence-corrected chi connectivity index (χ4v) is 3.93. The monoisotopic (exact) mass is 445 g/mol. The Morgan fingerprint density at radius 1 is 0.970 bits per heavy atom. The Bertz CT molecular complexity index is 1080. The van der Waals surface area contributed by atoms with E-state index in [-0.39, 0.29) is 11.5 Å². The predicted octanol–water partition coefficient (Wildman–Crippen LogP) is 3.76. The van der Waals surface area contributed by atoms with Crippen molar-refractivity contribution in [1.82, 2.24) is 14.8 Å². The number of hydrogen-bond donors (Lipinski definition) is 0. The van der Waals surface area contributed by atoms with E-state index in [2.05, 4.69) is 39.0 Å². The molecular weight excluding hydrogens is 418 g/mol. The van der Waals surface area contributed by atoms with Gasteiger partial charge in [0.25, 0.3) is 5.69 Å². The summed E-state index contributed by atoms with van der Waals surface area (Å²) in [4.78, 5) is 33.7. The Morgan fingerprint density at radius 2 is 1.64 bits per heavy atom. The van der Waals surface area contributed by atoms with Crippen molar-refractivity contribution in [3.05, 3.63) is 94.2 Å². The SMILES string of the molecule is CN(c1ccc(C(=O)CN2CCN(Cc3ccccc3)CC2)cc1)c1ccc([N+](=O)[O-])cn1. The normalized spacial score (nSPS) is 14.7. The van der Waals surface area contributed by atoms with Crippen LogP contribution in [-0.2, 0) is 6.54 Å². The maximum Gasteiger partial charge on any atom is 0.287 e. The van der Waals surface area contributed by atoms with Crippen LogP contribution >= 0.6 is 0 Å². The summed E-state index contributed by atoms with van der Waals surface area (Å²) >= 11 is 0. The molecule has 3 aromatic rings. The molecule has 170 valence electrons. The van der Waals surface area contributed by atoms with Gasteiger partial charge < -0.3 is 4.90 Å². The Hall–Kier alpha value is -3.62. The molecule has 4 rings (SSSR count). The molecule has 0 N–H and O–H groups in total. The first-order valence-electron chi connectivity index (χ1n) is 11.0. The number of nitro groups is 1. The molecule has 1 fully saturated rings. The molecule has 0 unspecified atom stereocenters. The number of carbonyl (C=O) groups is 1. The number of carbonyl (C=O) groups excluding carboxylic acids is 1. The Labute approximate surface area is 193 Å². The molecule has 1 saturated heterocycles. The van der Waals surface area contributed by atoms with Gasteiger partial charge in [0.2, 0.25) is 0 Å². The molecule has 0 aliphatic carbocycles. The molecule has 2 heterocycles. The van der Waals surface area contributed by atoms with Crippen molar-refractivity contribution < 1.29 is 9.72 Å². The number of aromatic nitrogens is 1. The number of Topliss-reactive ketones (excluding diaryl/α,β-unsaturated/α-hetero) is 1. The van der Waals surface area contributed by atoms with E-state index >= 15 is 0 Å². The van der Waals surface area contributed by atoms with Gasteiger partial charge in [-0.3, -0.25) is 24.7 Å². The zero-order valence-electron chi connectivity index (χ0n) is 18.6. The second-order valence-electron chi connectivity index (χ2n) is 8.20. The molecule has 1 aromatic heterocycles. The summed E-state index contributed by atoms with van der Waals surface area (Å²) in [5.41, 5.74) is 2.79. The molecule has 0 spiro atoms. The fraction of sp³-hybridized carbons (Fsp3) is 0.280. The van der Waals surface area contributed by atoms with Crippen molar-refractivity contribution in [1.29, 1.82) is 0 Å². The molecule has 0 bridgehead atoms. The molecule has 2 aromatic carbocycles. The molecule has 0 atom stereocenters. The highest BCUT2D eigenvalue weighted by atomic mass is 16.6. The highest BCUT2D eigenvalue weighted by Gasteiger charge is 2.20. The van der Waals surface area contributed by atoms with Crippen molar-refractivity contribution in [2.24, 2.45) is 0 Å². The molecule has 0 saturated carbocycles. The summed E-state index contributed by atoms with van der Waals surface area (Å²) in [6, 6.07) is 20.9. The topological polar surface area (TPSA) is 82.8 Å². The van der Waals surface area contributed by atoms with Crippen LogP contribution in [0.5, 0.6) is 0 Å². The van der Waals surface area contributed by atoms with E-state index in [0.29, 0.717) is 17.9 Å². The number of nitrogens with zero attached hydrogens (tertiary/aromatic N) is 5. The van der Waals surface area contributed by atoms with Gasteiger partial charge in [0.05, 0.1) is 11.5 Å². The van der Waals surface area contributed by atoms with Crippen LogP contribution in [-0.4, -0.2) is 65.3 Å². The summed E-state index contributed by atoms with van der Waals surface area (Å²) in [6.45, 7) is 5.03. The number of rotatable bonds is 8. The van der Waals surface area contributed by atoms with Crippen molar-refractivity contribution >= 4 is 23.0 Å². The molecule has 0 amide bonds. The molecule has 0 radical (unpaired) electrons. The van der Waals surface area contributed by atoms with Crippen LogP contribution in [0.2, 0.25) is 0 Å². The van der Waals surface area contributed by atoms with Crippen molar-refractivity contribution in [2.75, 3.05) is 44.7 Å². The van der Waals surface area contributed by atoms with Crippen molar-refractivity contribution in [3.63, 3.8) is 0 Å². The first-order valence-corrected chi connectivity index (χ1v) is 11.0. The van der Waals surface area contributed by atoms with Gasteiger partial charge in [-0.25, -0.2) is 4.98 Å². The molecule has 33 heavy (non-hydrogen) atoms. The zero-order valence-corrected chi connectivity index (χ0v) is 18.6. The minimum atomic E-state index is -0.472. The minimum absolute atomic E-state index is 0.0472. The highest BCUT2D eigenvalue weighted by Crippen LogP contribution is 2.23. The summed E-state index contributed by atoms with van der Waals surface area (Å²) in [7, 11) is 1.83. The summed E-state index contributed by atoms with van der Waals surface area (Å²) in [5.74, 6) is 0.697. The lowest BCUT2D eigenvalue weighted by atomic mass is 10.1. The van der Waals surface area contributed by atoms with Gasteiger partial charge in [0, 0.05) is 57.1 Å². The van der Waals surface area contributed by atoms with Gasteiger partial charge in [0.15, 0.2) is 5.78 Å². The molecule has 1 aliphatic heterocycles. The van der Waals surface area contributed by atoms with Gasteiger partial charge in [-0.1, -0.05) is 30.3 Å². The average molecular weight is 446 g/mol. The van der Waals surface area contributed by atoms with Crippen LogP contribution in [0.25, 0.3) is 0 Å². The Kier molecular flexibility index (Phi) is 7.07. The maximum atomic E-state index is 12.8. The van der Waals surface area contributed by atoms with Gasteiger partial charge in [0.1, 0.15) is 12.0 Å². The summed E-state index contributed by atoms with van der Waals surface area (Å²) < 4.78 is 0. The van der Waals surface area contributed by atoms with E-state index in [1.807, 2.05) is 42.3 Å². The van der Waals surface area contributed by atoms with E-state index < -0.39 is 4.92 Å².